The first-order valence-corrected chi connectivity index (χ1v) is 26.8. The van der Waals surface area contributed by atoms with Gasteiger partial charge in [-0.2, -0.15) is 0 Å². The highest BCUT2D eigenvalue weighted by atomic mass is 16.5. The average Bonchev–Trinajstić information content (AvgIpc) is 3.26. The van der Waals surface area contributed by atoms with E-state index in [0.29, 0.717) is 19.4 Å². The molecule has 1 amide bonds. The van der Waals surface area contributed by atoms with Gasteiger partial charge in [-0.25, -0.2) is 0 Å². The van der Waals surface area contributed by atoms with E-state index in [9.17, 15) is 19.8 Å². The molecule has 6 heteroatoms. The number of nitrogens with one attached hydrogen (secondary N) is 1. The number of ether oxygens (including phenoxy) is 1. The molecule has 0 radical (unpaired) electrons. The van der Waals surface area contributed by atoms with Crippen LogP contribution in [-0.4, -0.2) is 47.4 Å². The maximum Gasteiger partial charge on any atom is 0.305 e. The lowest BCUT2D eigenvalue weighted by Crippen LogP contribution is -2.45. The smallest absolute Gasteiger partial charge is 0.305 e. The molecule has 0 rings (SSSR count). The van der Waals surface area contributed by atoms with Crippen LogP contribution in [0.25, 0.3) is 0 Å². The fraction of sp³-hybridized carbons (Fsp3) is 0.855. The summed E-state index contributed by atoms with van der Waals surface area (Å²) in [5.41, 5.74) is 0. The van der Waals surface area contributed by atoms with Crippen LogP contribution < -0.4 is 5.32 Å². The first-order chi connectivity index (χ1) is 30.0. The molecule has 2 unspecified atom stereocenters. The van der Waals surface area contributed by atoms with E-state index in [0.717, 1.165) is 83.5 Å². The predicted molar refractivity (Wildman–Crippen MR) is 264 cm³/mol. The van der Waals surface area contributed by atoms with Crippen LogP contribution in [-0.2, 0) is 14.3 Å². The van der Waals surface area contributed by atoms with Crippen molar-refractivity contribution in [1.82, 2.24) is 5.32 Å². The molecule has 0 saturated heterocycles. The van der Waals surface area contributed by atoms with E-state index in [1.807, 2.05) is 6.08 Å². The maximum atomic E-state index is 12.4. The number of amides is 1. The maximum absolute atomic E-state index is 12.4. The summed E-state index contributed by atoms with van der Waals surface area (Å²) in [5.74, 6) is -0.139. The Labute approximate surface area is 379 Å². The number of allylic oxidation sites excluding steroid dienone is 5. The quantitative estimate of drug-likeness (QED) is 0.0322. The molecule has 3 N–H and O–H groups in total. The molecule has 0 bridgehead atoms. The van der Waals surface area contributed by atoms with E-state index in [1.54, 1.807) is 6.08 Å². The molecule has 6 nitrogen and oxygen atoms in total. The van der Waals surface area contributed by atoms with Gasteiger partial charge in [-0.3, -0.25) is 9.59 Å². The molecule has 0 aliphatic rings. The molecule has 2 atom stereocenters. The number of carbonyl (C=O) groups is 2. The highest BCUT2D eigenvalue weighted by Crippen LogP contribution is 2.16. The minimum atomic E-state index is -0.864. The number of aliphatic hydroxyl groups excluding tert-OH is 2. The van der Waals surface area contributed by atoms with Crippen LogP contribution in [0.1, 0.15) is 277 Å². The molecular weight excluding hydrogens is 755 g/mol. The summed E-state index contributed by atoms with van der Waals surface area (Å²) in [5, 5.41) is 23.1. The highest BCUT2D eigenvalue weighted by molar-refractivity contribution is 5.76. The van der Waals surface area contributed by atoms with Gasteiger partial charge in [-0.1, -0.05) is 217 Å². The number of hydrogen-bond donors (Lipinski definition) is 3. The molecule has 0 saturated carbocycles. The van der Waals surface area contributed by atoms with Crippen LogP contribution in [0.5, 0.6) is 0 Å². The monoisotopic (exact) mass is 858 g/mol. The Bertz CT molecular complexity index is 993. The van der Waals surface area contributed by atoms with Crippen molar-refractivity contribution in [3.05, 3.63) is 36.5 Å². The van der Waals surface area contributed by atoms with E-state index >= 15 is 0 Å². The van der Waals surface area contributed by atoms with Crippen molar-refractivity contribution < 1.29 is 24.5 Å². The summed E-state index contributed by atoms with van der Waals surface area (Å²) in [6.45, 7) is 4.81. The van der Waals surface area contributed by atoms with E-state index in [2.05, 4.69) is 43.5 Å². The zero-order chi connectivity index (χ0) is 44.4. The van der Waals surface area contributed by atoms with Crippen LogP contribution >= 0.6 is 0 Å². The third-order valence-corrected chi connectivity index (χ3v) is 12.1. The first kappa shape index (κ1) is 59.1. The highest BCUT2D eigenvalue weighted by Gasteiger charge is 2.18. The lowest BCUT2D eigenvalue weighted by atomic mass is 10.0. The third-order valence-electron chi connectivity index (χ3n) is 12.1. The Morgan fingerprint density at radius 3 is 1.18 bits per heavy atom. The molecule has 0 aliphatic heterocycles. The van der Waals surface area contributed by atoms with Crippen LogP contribution in [0.15, 0.2) is 36.5 Å². The molecule has 358 valence electrons. The van der Waals surface area contributed by atoms with Crippen molar-refractivity contribution in [3.63, 3.8) is 0 Å². The van der Waals surface area contributed by atoms with Gasteiger partial charge in [0.15, 0.2) is 0 Å². The van der Waals surface area contributed by atoms with Gasteiger partial charge in [-0.05, 0) is 83.5 Å². The van der Waals surface area contributed by atoms with Gasteiger partial charge >= 0.3 is 5.97 Å². The lowest BCUT2D eigenvalue weighted by molar-refractivity contribution is -0.143. The molecular formula is C55H103NO5. The van der Waals surface area contributed by atoms with Crippen molar-refractivity contribution in [3.8, 4) is 0 Å². The van der Waals surface area contributed by atoms with E-state index < -0.39 is 12.1 Å². The summed E-state index contributed by atoms with van der Waals surface area (Å²) in [6.07, 6.45) is 61.5. The molecule has 0 aromatic rings. The molecule has 0 aromatic heterocycles. The normalized spacial score (nSPS) is 12.9. The van der Waals surface area contributed by atoms with E-state index in [1.165, 1.54) is 167 Å². The standard InChI is InChI=1S/C55H103NO5/c1-3-5-7-9-11-13-15-17-18-19-20-21-22-23-25-27-31-35-39-43-47-53(58)52(51-57)56-54(59)48-44-40-36-32-28-26-30-34-38-42-46-50-61-55(60)49-45-41-37-33-29-24-16-14-12-10-8-6-4-2/h14,16,30,34,43,47,52-53,57-58H,3-13,15,17-29,31-33,35-42,44-46,48-51H2,1-2H3,(H,56,59)/b16-14-,34-30-,47-43+. The van der Waals surface area contributed by atoms with Gasteiger partial charge in [0.1, 0.15) is 0 Å². The molecule has 0 heterocycles. The SMILES string of the molecule is CCCCCC/C=C\CCCCCCCC(=O)OCCCC/C=C\CCCCCCCC(=O)NC(CO)C(O)/C=C/CCCCCCCCCCCCCCCCCCCC. The van der Waals surface area contributed by atoms with Crippen molar-refractivity contribution in [1.29, 1.82) is 0 Å². The minimum Gasteiger partial charge on any atom is -0.466 e. The van der Waals surface area contributed by atoms with Crippen molar-refractivity contribution in [2.45, 2.75) is 289 Å². The second-order valence-electron chi connectivity index (χ2n) is 18.2. The van der Waals surface area contributed by atoms with Crippen LogP contribution in [0.4, 0.5) is 0 Å². The Morgan fingerprint density at radius 2 is 0.770 bits per heavy atom. The van der Waals surface area contributed by atoms with E-state index in [-0.39, 0.29) is 18.5 Å². The van der Waals surface area contributed by atoms with Gasteiger partial charge in [-0.15, -0.1) is 0 Å². The van der Waals surface area contributed by atoms with Crippen LogP contribution in [0.3, 0.4) is 0 Å². The largest absolute Gasteiger partial charge is 0.466 e. The summed E-state index contributed by atoms with van der Waals surface area (Å²) < 4.78 is 5.42. The third kappa shape index (κ3) is 47.4. The zero-order valence-corrected chi connectivity index (χ0v) is 40.6. The number of rotatable bonds is 49. The minimum absolute atomic E-state index is 0.0424. The first-order valence-electron chi connectivity index (χ1n) is 26.8. The van der Waals surface area contributed by atoms with Crippen molar-refractivity contribution in [2.24, 2.45) is 0 Å². The predicted octanol–water partition coefficient (Wildman–Crippen LogP) is 16.1. The Balaban J connectivity index is 3.56. The van der Waals surface area contributed by atoms with Crippen LogP contribution in [0, 0.1) is 0 Å². The van der Waals surface area contributed by atoms with Gasteiger partial charge in [0.2, 0.25) is 5.91 Å². The van der Waals surface area contributed by atoms with Crippen molar-refractivity contribution in [2.75, 3.05) is 13.2 Å². The number of aliphatic hydroxyl groups is 2. The summed E-state index contributed by atoms with van der Waals surface area (Å²) in [7, 11) is 0. The van der Waals surface area contributed by atoms with E-state index in [4.69, 9.17) is 4.74 Å². The second-order valence-corrected chi connectivity index (χ2v) is 18.2. The number of hydrogen-bond acceptors (Lipinski definition) is 5. The lowest BCUT2D eigenvalue weighted by Gasteiger charge is -2.20. The Hall–Kier alpha value is -1.92. The van der Waals surface area contributed by atoms with Crippen molar-refractivity contribution >= 4 is 11.9 Å². The molecule has 0 aliphatic carbocycles. The fourth-order valence-electron chi connectivity index (χ4n) is 7.97. The van der Waals surface area contributed by atoms with Crippen LogP contribution in [0.2, 0.25) is 0 Å². The molecule has 61 heavy (non-hydrogen) atoms. The number of esters is 1. The average molecular weight is 858 g/mol. The molecule has 0 spiro atoms. The topological polar surface area (TPSA) is 95.9 Å². The number of carbonyl (C=O) groups excluding carboxylic acids is 2. The number of unbranched alkanes of at least 4 members (excludes halogenated alkanes) is 34. The second kappa shape index (κ2) is 50.7. The molecule has 0 fully saturated rings. The van der Waals surface area contributed by atoms with Gasteiger partial charge in [0, 0.05) is 12.8 Å². The summed E-state index contributed by atoms with van der Waals surface area (Å²) >= 11 is 0. The molecule has 0 aromatic carbocycles. The van der Waals surface area contributed by atoms with Gasteiger partial charge in [0.25, 0.3) is 0 Å². The van der Waals surface area contributed by atoms with Gasteiger partial charge in [0.05, 0.1) is 25.4 Å². The Morgan fingerprint density at radius 1 is 0.443 bits per heavy atom. The zero-order valence-electron chi connectivity index (χ0n) is 40.6. The summed E-state index contributed by atoms with van der Waals surface area (Å²) in [4.78, 5) is 24.4. The summed E-state index contributed by atoms with van der Waals surface area (Å²) in [6, 6.07) is -0.650. The Kier molecular flexibility index (Phi) is 49.1. The van der Waals surface area contributed by atoms with Gasteiger partial charge < -0.3 is 20.3 Å². The fourth-order valence-corrected chi connectivity index (χ4v) is 7.97.